The van der Waals surface area contributed by atoms with Crippen molar-refractivity contribution in [1.29, 1.82) is 0 Å². The lowest BCUT2D eigenvalue weighted by Crippen LogP contribution is -2.41. The molecule has 1 unspecified atom stereocenters. The first-order chi connectivity index (χ1) is 14.1. The molecule has 1 aromatic heterocycles. The molecule has 5 nitrogen and oxygen atoms in total. The molecule has 1 N–H and O–H groups in total. The minimum Gasteiger partial charge on any atom is -0.467 e. The molecule has 1 heterocycles. The second-order valence-corrected chi connectivity index (χ2v) is 6.79. The van der Waals surface area contributed by atoms with Gasteiger partial charge in [0.1, 0.15) is 11.8 Å². The van der Waals surface area contributed by atoms with Gasteiger partial charge in [-0.05, 0) is 29.7 Å². The summed E-state index contributed by atoms with van der Waals surface area (Å²) in [4.78, 5) is 24.5. The number of amides is 1. The number of hydrogen-bond acceptors (Lipinski definition) is 4. The van der Waals surface area contributed by atoms with Gasteiger partial charge in [-0.15, -0.1) is 0 Å². The van der Waals surface area contributed by atoms with Crippen LogP contribution in [0, 0.1) is 0 Å². The van der Waals surface area contributed by atoms with E-state index in [1.54, 1.807) is 6.07 Å². The molecule has 0 saturated heterocycles. The minimum atomic E-state index is -0.690. The topological polar surface area (TPSA) is 68.5 Å². The molecule has 0 aliphatic heterocycles. The van der Waals surface area contributed by atoms with Crippen molar-refractivity contribution < 1.29 is 18.7 Å². The highest BCUT2D eigenvalue weighted by Gasteiger charge is 2.25. The highest BCUT2D eigenvalue weighted by molar-refractivity contribution is 5.94. The summed E-state index contributed by atoms with van der Waals surface area (Å²) in [6.07, 6.45) is 1.25. The summed E-state index contributed by atoms with van der Waals surface area (Å²) in [7, 11) is 1.31. The lowest BCUT2D eigenvalue weighted by atomic mass is 9.89. The average Bonchev–Trinajstić information content (AvgIpc) is 3.24. The first-order valence-electron chi connectivity index (χ1n) is 9.72. The number of benzene rings is 2. The molecule has 3 rings (SSSR count). The number of carbonyl (C=O) groups is 2. The Bertz CT molecular complexity index is 894. The summed E-state index contributed by atoms with van der Waals surface area (Å²) in [5.41, 5.74) is 2.14. The lowest BCUT2D eigenvalue weighted by Gasteiger charge is -2.16. The zero-order valence-electron chi connectivity index (χ0n) is 16.6. The quantitative estimate of drug-likeness (QED) is 0.573. The van der Waals surface area contributed by atoms with Gasteiger partial charge in [0.25, 0.3) is 5.91 Å². The van der Waals surface area contributed by atoms with E-state index < -0.39 is 17.9 Å². The minimum absolute atomic E-state index is 0.133. The van der Waals surface area contributed by atoms with Crippen LogP contribution in [0.15, 0.2) is 77.2 Å². The molecule has 5 heteroatoms. The molecule has 1 atom stereocenters. The van der Waals surface area contributed by atoms with Crippen molar-refractivity contribution in [2.24, 2.45) is 0 Å². The Morgan fingerprint density at radius 3 is 2.03 bits per heavy atom. The molecule has 0 aliphatic carbocycles. The van der Waals surface area contributed by atoms with Crippen molar-refractivity contribution in [2.45, 2.75) is 31.7 Å². The molecular formula is C24H25NO4. The van der Waals surface area contributed by atoms with E-state index in [-0.39, 0.29) is 11.7 Å². The van der Waals surface area contributed by atoms with Crippen LogP contribution in [0.4, 0.5) is 0 Å². The molecule has 0 spiro atoms. The Balaban J connectivity index is 1.87. The van der Waals surface area contributed by atoms with Crippen LogP contribution in [0.2, 0.25) is 0 Å². The monoisotopic (exact) mass is 391 g/mol. The van der Waals surface area contributed by atoms with E-state index in [0.29, 0.717) is 12.2 Å². The third-order valence-electron chi connectivity index (χ3n) is 4.77. The molecule has 0 aliphatic rings. The summed E-state index contributed by atoms with van der Waals surface area (Å²) in [6, 6.07) is 22.8. The van der Waals surface area contributed by atoms with Gasteiger partial charge in [-0.1, -0.05) is 74.0 Å². The molecule has 150 valence electrons. The van der Waals surface area contributed by atoms with Crippen LogP contribution in [-0.2, 0) is 9.53 Å². The lowest BCUT2D eigenvalue weighted by molar-refractivity contribution is -0.143. The molecule has 3 aromatic rings. The molecule has 29 heavy (non-hydrogen) atoms. The fourth-order valence-corrected chi connectivity index (χ4v) is 3.35. The number of hydrogen-bond donors (Lipinski definition) is 1. The molecule has 0 fully saturated rings. The van der Waals surface area contributed by atoms with E-state index in [0.717, 1.165) is 17.5 Å². The van der Waals surface area contributed by atoms with E-state index in [4.69, 9.17) is 9.15 Å². The molecule has 0 radical (unpaired) electrons. The predicted octanol–water partition coefficient (Wildman–Crippen LogP) is 4.53. The van der Waals surface area contributed by atoms with Gasteiger partial charge in [0.15, 0.2) is 5.76 Å². The maximum Gasteiger partial charge on any atom is 0.328 e. The number of esters is 1. The maximum atomic E-state index is 12.6. The van der Waals surface area contributed by atoms with Crippen LogP contribution in [-0.4, -0.2) is 25.0 Å². The smallest absolute Gasteiger partial charge is 0.328 e. The number of ether oxygens (including phenoxy) is 1. The average molecular weight is 391 g/mol. The van der Waals surface area contributed by atoms with E-state index in [9.17, 15) is 9.59 Å². The normalized spacial score (nSPS) is 11.8. The fraction of sp³-hybridized carbons (Fsp3) is 0.250. The van der Waals surface area contributed by atoms with Gasteiger partial charge in [-0.2, -0.15) is 0 Å². The van der Waals surface area contributed by atoms with Gasteiger partial charge in [-0.25, -0.2) is 4.79 Å². The van der Waals surface area contributed by atoms with Crippen LogP contribution in [0.3, 0.4) is 0 Å². The molecule has 2 aromatic carbocycles. The van der Waals surface area contributed by atoms with Crippen LogP contribution in [0.25, 0.3) is 0 Å². The summed E-state index contributed by atoms with van der Waals surface area (Å²) in [5.74, 6) is -0.191. The molecule has 0 saturated carbocycles. The van der Waals surface area contributed by atoms with Crippen molar-refractivity contribution in [3.05, 3.63) is 95.4 Å². The van der Waals surface area contributed by atoms with Gasteiger partial charge in [0.05, 0.1) is 13.0 Å². The highest BCUT2D eigenvalue weighted by atomic mass is 16.5. The Morgan fingerprint density at radius 2 is 1.52 bits per heavy atom. The number of methoxy groups -OCH3 is 1. The van der Waals surface area contributed by atoms with Gasteiger partial charge in [0.2, 0.25) is 0 Å². The van der Waals surface area contributed by atoms with Crippen molar-refractivity contribution in [3.8, 4) is 0 Å². The van der Waals surface area contributed by atoms with Gasteiger partial charge >= 0.3 is 5.97 Å². The second-order valence-electron chi connectivity index (χ2n) is 6.79. The number of carbonyl (C=O) groups excluding carboxylic acids is 2. The second kappa shape index (κ2) is 9.73. The molecule has 0 bridgehead atoms. The first kappa shape index (κ1) is 20.4. The van der Waals surface area contributed by atoms with E-state index in [1.165, 1.54) is 7.11 Å². The van der Waals surface area contributed by atoms with Crippen molar-refractivity contribution >= 4 is 11.9 Å². The van der Waals surface area contributed by atoms with Crippen LogP contribution < -0.4 is 5.32 Å². The van der Waals surface area contributed by atoms with E-state index in [2.05, 4.69) is 5.32 Å². The third kappa shape index (κ3) is 4.93. The summed E-state index contributed by atoms with van der Waals surface area (Å²) in [6.45, 7) is 1.94. The largest absolute Gasteiger partial charge is 0.467 e. The standard InChI is InChI=1S/C24H25NO4/c1-3-10-19(24(27)28-2)25-23(26)21-16-15-20(29-21)22(17-11-6-4-7-12-17)18-13-8-5-9-14-18/h4-9,11-16,19,22H,3,10H2,1-2H3,(H,25,26). The van der Waals surface area contributed by atoms with Gasteiger partial charge < -0.3 is 14.5 Å². The molecular weight excluding hydrogens is 366 g/mol. The van der Waals surface area contributed by atoms with E-state index >= 15 is 0 Å². The maximum absolute atomic E-state index is 12.6. The molecule has 1 amide bonds. The summed E-state index contributed by atoms with van der Waals surface area (Å²) < 4.78 is 10.7. The van der Waals surface area contributed by atoms with Crippen molar-refractivity contribution in [2.75, 3.05) is 7.11 Å². The predicted molar refractivity (Wildman–Crippen MR) is 111 cm³/mol. The Labute approximate surface area is 170 Å². The van der Waals surface area contributed by atoms with Crippen LogP contribution >= 0.6 is 0 Å². The van der Waals surface area contributed by atoms with Crippen LogP contribution in [0.1, 0.15) is 53.1 Å². The number of rotatable bonds is 8. The summed E-state index contributed by atoms with van der Waals surface area (Å²) in [5, 5.41) is 2.71. The summed E-state index contributed by atoms with van der Waals surface area (Å²) >= 11 is 0. The van der Waals surface area contributed by atoms with Crippen LogP contribution in [0.5, 0.6) is 0 Å². The van der Waals surface area contributed by atoms with Crippen molar-refractivity contribution in [1.82, 2.24) is 5.32 Å². The Morgan fingerprint density at radius 1 is 0.931 bits per heavy atom. The zero-order chi connectivity index (χ0) is 20.6. The third-order valence-corrected chi connectivity index (χ3v) is 4.77. The number of nitrogens with one attached hydrogen (secondary N) is 1. The highest BCUT2D eigenvalue weighted by Crippen LogP contribution is 2.32. The Hall–Kier alpha value is -3.34. The number of furan rings is 1. The van der Waals surface area contributed by atoms with Gasteiger partial charge in [-0.3, -0.25) is 4.79 Å². The van der Waals surface area contributed by atoms with Gasteiger partial charge in [0, 0.05) is 0 Å². The SMILES string of the molecule is CCCC(NC(=O)c1ccc(C(c2ccccc2)c2ccccc2)o1)C(=O)OC. The Kier molecular flexibility index (Phi) is 6.85. The van der Waals surface area contributed by atoms with Crippen molar-refractivity contribution in [3.63, 3.8) is 0 Å². The zero-order valence-corrected chi connectivity index (χ0v) is 16.6. The fourth-order valence-electron chi connectivity index (χ4n) is 3.35. The first-order valence-corrected chi connectivity index (χ1v) is 9.72. The van der Waals surface area contributed by atoms with E-state index in [1.807, 2.05) is 73.7 Å².